The van der Waals surface area contributed by atoms with Gasteiger partial charge < -0.3 is 21.5 Å². The zero-order valence-electron chi connectivity index (χ0n) is 20.6. The number of carboxylic acids is 1. The van der Waals surface area contributed by atoms with E-state index in [9.17, 15) is 19.5 Å². The Bertz CT molecular complexity index is 1240. The van der Waals surface area contributed by atoms with E-state index in [2.05, 4.69) is 20.9 Å². The topological polar surface area (TPSA) is 170 Å². The number of ketones is 1. The van der Waals surface area contributed by atoms with Crippen LogP contribution in [0, 0.1) is 5.41 Å². The highest BCUT2D eigenvalue weighted by molar-refractivity contribution is 7.11. The Morgan fingerprint density at radius 3 is 2.24 bits per heavy atom. The predicted octanol–water partition coefficient (Wildman–Crippen LogP) is 1.78. The van der Waals surface area contributed by atoms with Crippen molar-refractivity contribution in [2.75, 3.05) is 13.1 Å². The number of nitrogens with zero attached hydrogens (tertiary/aromatic N) is 1. The SMILES string of the molecule is N=C(N)c1nc(C(NC(=O)[C@H](NCC(=O)O)C(c2ccccc2)c2ccccc2)C(=O)[C@@H]2CCCN2)cs1. The van der Waals surface area contributed by atoms with E-state index < -0.39 is 42.5 Å². The van der Waals surface area contributed by atoms with Crippen LogP contribution in [0.5, 0.6) is 0 Å². The van der Waals surface area contributed by atoms with Gasteiger partial charge in [0, 0.05) is 11.3 Å². The lowest BCUT2D eigenvalue weighted by atomic mass is 9.84. The van der Waals surface area contributed by atoms with Gasteiger partial charge in [0.1, 0.15) is 6.04 Å². The summed E-state index contributed by atoms with van der Waals surface area (Å²) in [5, 5.41) is 27.9. The van der Waals surface area contributed by atoms with Crippen molar-refractivity contribution in [1.82, 2.24) is 20.9 Å². The first-order valence-corrected chi connectivity index (χ1v) is 13.2. The average molecular weight is 535 g/mol. The first kappa shape index (κ1) is 27.1. The fourth-order valence-electron chi connectivity index (χ4n) is 4.65. The van der Waals surface area contributed by atoms with Crippen LogP contribution >= 0.6 is 11.3 Å². The number of nitrogens with two attached hydrogens (primary N) is 1. The largest absolute Gasteiger partial charge is 0.480 e. The number of benzene rings is 2. The minimum Gasteiger partial charge on any atom is -0.480 e. The molecule has 1 aliphatic rings. The van der Waals surface area contributed by atoms with Crippen LogP contribution in [0.4, 0.5) is 0 Å². The molecular formula is C27H30N6O4S. The standard InChI is InChI=1S/C27H30N6O4S/c28-25(29)27-32-19(15-38-27)22(24(36)18-12-7-13-30-18)33-26(37)23(31-14-20(34)35)21(16-8-3-1-4-9-16)17-10-5-2-6-11-17/h1-6,8-11,15,18,21-23,30-31H,7,12-14H2,(H3,28,29)(H,33,37)(H,34,35)/t18-,22?,23+/m0/s1. The van der Waals surface area contributed by atoms with E-state index in [-0.39, 0.29) is 16.6 Å². The summed E-state index contributed by atoms with van der Waals surface area (Å²) >= 11 is 1.12. The van der Waals surface area contributed by atoms with Crippen molar-refractivity contribution in [2.24, 2.45) is 5.73 Å². The molecule has 2 aromatic carbocycles. The van der Waals surface area contributed by atoms with Gasteiger partial charge in [0.15, 0.2) is 16.6 Å². The lowest BCUT2D eigenvalue weighted by Gasteiger charge is -2.30. The number of nitrogen functional groups attached to an aromatic ring is 1. The van der Waals surface area contributed by atoms with Crippen molar-refractivity contribution in [3.63, 3.8) is 0 Å². The second-order valence-electron chi connectivity index (χ2n) is 9.04. The number of amides is 1. The van der Waals surface area contributed by atoms with Crippen LogP contribution in [0.25, 0.3) is 0 Å². The summed E-state index contributed by atoms with van der Waals surface area (Å²) in [7, 11) is 0. The number of rotatable bonds is 12. The Morgan fingerprint density at radius 2 is 1.74 bits per heavy atom. The van der Waals surface area contributed by atoms with Gasteiger partial charge in [-0.1, -0.05) is 60.7 Å². The number of carboxylic acid groups (broad SMARTS) is 1. The molecule has 0 bridgehead atoms. The van der Waals surface area contributed by atoms with Crippen molar-refractivity contribution in [3.05, 3.63) is 87.9 Å². The van der Waals surface area contributed by atoms with E-state index in [1.54, 1.807) is 5.38 Å². The first-order chi connectivity index (χ1) is 18.3. The molecule has 1 saturated heterocycles. The molecule has 0 spiro atoms. The van der Waals surface area contributed by atoms with Gasteiger partial charge in [0.2, 0.25) is 5.91 Å². The number of thiazole rings is 1. The Balaban J connectivity index is 1.72. The Morgan fingerprint density at radius 1 is 1.11 bits per heavy atom. The number of carbonyl (C=O) groups excluding carboxylic acids is 2. The molecule has 0 aliphatic carbocycles. The van der Waals surface area contributed by atoms with E-state index in [1.807, 2.05) is 60.7 Å². The van der Waals surface area contributed by atoms with Gasteiger partial charge in [-0.3, -0.25) is 25.1 Å². The first-order valence-electron chi connectivity index (χ1n) is 12.3. The summed E-state index contributed by atoms with van der Waals surface area (Å²) in [6, 6.07) is 16.1. The van der Waals surface area contributed by atoms with Gasteiger partial charge in [0.25, 0.3) is 0 Å². The third-order valence-electron chi connectivity index (χ3n) is 6.43. The van der Waals surface area contributed by atoms with Crippen molar-refractivity contribution in [2.45, 2.75) is 36.9 Å². The zero-order chi connectivity index (χ0) is 27.1. The van der Waals surface area contributed by atoms with E-state index in [0.717, 1.165) is 28.9 Å². The van der Waals surface area contributed by atoms with Crippen LogP contribution in [0.1, 0.15) is 46.6 Å². The second kappa shape index (κ2) is 12.5. The Kier molecular flexibility index (Phi) is 8.95. The molecule has 198 valence electrons. The van der Waals surface area contributed by atoms with E-state index in [1.165, 1.54) is 0 Å². The minimum absolute atomic E-state index is 0.230. The highest BCUT2D eigenvalue weighted by atomic mass is 32.1. The molecular weight excluding hydrogens is 504 g/mol. The number of aliphatic carboxylic acids is 1. The maximum atomic E-state index is 14.0. The molecule has 1 fully saturated rings. The number of hydrogen-bond acceptors (Lipinski definition) is 8. The number of hydrogen-bond donors (Lipinski definition) is 6. The number of Topliss-reactive ketones (excluding diaryl/α,β-unsaturated/α-hetero) is 1. The predicted molar refractivity (Wildman–Crippen MR) is 144 cm³/mol. The van der Waals surface area contributed by atoms with Crippen molar-refractivity contribution in [1.29, 1.82) is 5.41 Å². The van der Waals surface area contributed by atoms with Crippen LogP contribution in [0.3, 0.4) is 0 Å². The highest BCUT2D eigenvalue weighted by Crippen LogP contribution is 2.29. The van der Waals surface area contributed by atoms with Crippen molar-refractivity contribution in [3.8, 4) is 0 Å². The lowest BCUT2D eigenvalue weighted by Crippen LogP contribution is -2.52. The normalized spacial score (nSPS) is 16.6. The summed E-state index contributed by atoms with van der Waals surface area (Å²) in [6.07, 6.45) is 1.46. The molecule has 1 amide bonds. The molecule has 10 nitrogen and oxygen atoms in total. The van der Waals surface area contributed by atoms with Crippen LogP contribution in [0.15, 0.2) is 66.0 Å². The molecule has 2 heterocycles. The monoisotopic (exact) mass is 534 g/mol. The molecule has 1 aromatic heterocycles. The summed E-state index contributed by atoms with van der Waals surface area (Å²) in [5.74, 6) is -2.68. The number of amidine groups is 1. The summed E-state index contributed by atoms with van der Waals surface area (Å²) in [5.41, 5.74) is 7.50. The van der Waals surface area contributed by atoms with Crippen LogP contribution < -0.4 is 21.7 Å². The quantitative estimate of drug-likeness (QED) is 0.151. The molecule has 7 N–H and O–H groups in total. The number of nitrogens with one attached hydrogen (secondary N) is 4. The molecule has 1 unspecified atom stereocenters. The smallest absolute Gasteiger partial charge is 0.317 e. The highest BCUT2D eigenvalue weighted by Gasteiger charge is 2.37. The summed E-state index contributed by atoms with van der Waals surface area (Å²) < 4.78 is 0. The fourth-order valence-corrected chi connectivity index (χ4v) is 5.36. The van der Waals surface area contributed by atoms with Crippen molar-refractivity contribution >= 4 is 34.8 Å². The second-order valence-corrected chi connectivity index (χ2v) is 9.89. The van der Waals surface area contributed by atoms with E-state index >= 15 is 0 Å². The third-order valence-corrected chi connectivity index (χ3v) is 7.32. The average Bonchev–Trinajstić information content (AvgIpc) is 3.63. The number of carbonyl (C=O) groups is 3. The maximum absolute atomic E-state index is 14.0. The van der Waals surface area contributed by atoms with Crippen LogP contribution in [0.2, 0.25) is 0 Å². The fraction of sp³-hybridized carbons (Fsp3) is 0.296. The molecule has 3 aromatic rings. The van der Waals surface area contributed by atoms with Gasteiger partial charge in [0.05, 0.1) is 24.3 Å². The Labute approximate surface area is 224 Å². The van der Waals surface area contributed by atoms with Crippen molar-refractivity contribution < 1.29 is 19.5 Å². The molecule has 3 atom stereocenters. The molecule has 1 aliphatic heterocycles. The van der Waals surface area contributed by atoms with Gasteiger partial charge in [-0.05, 0) is 30.5 Å². The lowest BCUT2D eigenvalue weighted by molar-refractivity contribution is -0.136. The van der Waals surface area contributed by atoms with Gasteiger partial charge in [-0.15, -0.1) is 11.3 Å². The summed E-state index contributed by atoms with van der Waals surface area (Å²) in [6.45, 7) is 0.238. The van der Waals surface area contributed by atoms with Gasteiger partial charge in [-0.25, -0.2) is 4.98 Å². The Hall–Kier alpha value is -3.93. The maximum Gasteiger partial charge on any atom is 0.317 e. The van der Waals surface area contributed by atoms with Crippen LogP contribution in [-0.4, -0.2) is 58.8 Å². The minimum atomic E-state index is -1.11. The van der Waals surface area contributed by atoms with E-state index in [0.29, 0.717) is 18.7 Å². The molecule has 0 radical (unpaired) electrons. The number of aromatic nitrogens is 1. The third kappa shape index (κ3) is 6.49. The summed E-state index contributed by atoms with van der Waals surface area (Å²) in [4.78, 5) is 43.4. The molecule has 4 rings (SSSR count). The zero-order valence-corrected chi connectivity index (χ0v) is 21.4. The van der Waals surface area contributed by atoms with Gasteiger partial charge >= 0.3 is 5.97 Å². The van der Waals surface area contributed by atoms with E-state index in [4.69, 9.17) is 11.1 Å². The molecule has 11 heteroatoms. The van der Waals surface area contributed by atoms with Gasteiger partial charge in [-0.2, -0.15) is 0 Å². The molecule has 0 saturated carbocycles. The van der Waals surface area contributed by atoms with Crippen LogP contribution in [-0.2, 0) is 14.4 Å². The molecule has 38 heavy (non-hydrogen) atoms.